The molecule has 12 heteroatoms. The number of benzene rings is 1. The van der Waals surface area contributed by atoms with Crippen LogP contribution in [0, 0.1) is 10.1 Å². The van der Waals surface area contributed by atoms with Crippen LogP contribution in [-0.4, -0.2) is 50.2 Å². The van der Waals surface area contributed by atoms with Crippen LogP contribution in [0.3, 0.4) is 0 Å². The van der Waals surface area contributed by atoms with Crippen molar-refractivity contribution in [3.05, 3.63) is 33.9 Å². The second kappa shape index (κ2) is 8.78. The summed E-state index contributed by atoms with van der Waals surface area (Å²) in [4.78, 5) is 44.9. The molecule has 28 heavy (non-hydrogen) atoms. The molecule has 0 atom stereocenters. The van der Waals surface area contributed by atoms with E-state index >= 15 is 0 Å². The molecular formula is C16H19N3O8S. The van der Waals surface area contributed by atoms with Crippen LogP contribution in [0.4, 0.5) is 10.5 Å². The molecule has 1 aromatic carbocycles. The average Bonchev–Trinajstić information content (AvgIpc) is 3.11. The summed E-state index contributed by atoms with van der Waals surface area (Å²) >= 11 is 0. The van der Waals surface area contributed by atoms with Gasteiger partial charge in [-0.3, -0.25) is 20.2 Å². The van der Waals surface area contributed by atoms with Crippen molar-refractivity contribution >= 4 is 33.4 Å². The van der Waals surface area contributed by atoms with Crippen molar-refractivity contribution in [3.8, 4) is 0 Å². The summed E-state index contributed by atoms with van der Waals surface area (Å²) in [7, 11) is -3.87. The van der Waals surface area contributed by atoms with E-state index in [-0.39, 0.29) is 11.6 Å². The number of urea groups is 1. The van der Waals surface area contributed by atoms with Crippen LogP contribution in [0.1, 0.15) is 36.0 Å². The molecule has 2 rings (SSSR count). The third-order valence-corrected chi connectivity index (χ3v) is 5.21. The van der Waals surface area contributed by atoms with Gasteiger partial charge in [-0.2, -0.15) is 0 Å². The predicted molar refractivity (Wildman–Crippen MR) is 95.4 cm³/mol. The smallest absolute Gasteiger partial charge is 0.338 e. The van der Waals surface area contributed by atoms with E-state index in [9.17, 15) is 32.9 Å². The van der Waals surface area contributed by atoms with E-state index in [0.29, 0.717) is 0 Å². The number of carbonyl (C=O) groups is 3. The molecule has 0 heterocycles. The molecule has 3 amide bonds. The first-order valence-electron chi connectivity index (χ1n) is 8.34. The second-order valence-corrected chi connectivity index (χ2v) is 8.28. The minimum absolute atomic E-state index is 0.00394. The summed E-state index contributed by atoms with van der Waals surface area (Å²) in [6.45, 7) is -0.779. The Kier molecular flexibility index (Phi) is 6.67. The Morgan fingerprint density at radius 2 is 1.89 bits per heavy atom. The fraction of sp³-hybridized carbons (Fsp3) is 0.438. The summed E-state index contributed by atoms with van der Waals surface area (Å²) in [5.74, 6) is -1.94. The van der Waals surface area contributed by atoms with Gasteiger partial charge in [0.25, 0.3) is 11.6 Å². The van der Waals surface area contributed by atoms with E-state index in [0.717, 1.165) is 50.1 Å². The first-order chi connectivity index (χ1) is 13.1. The molecule has 1 fully saturated rings. The first kappa shape index (κ1) is 21.3. The molecule has 0 aromatic heterocycles. The predicted octanol–water partition coefficient (Wildman–Crippen LogP) is 0.923. The zero-order chi connectivity index (χ0) is 20.9. The SMILES string of the molecule is CS(=O)(=O)c1ccc(C(=O)OCC(=O)NC(=O)NC2CCCC2)cc1[N+](=O)[O-]. The van der Waals surface area contributed by atoms with Crippen molar-refractivity contribution in [2.24, 2.45) is 0 Å². The molecule has 1 aromatic rings. The molecular weight excluding hydrogens is 394 g/mol. The number of carbonyl (C=O) groups excluding carboxylic acids is 3. The van der Waals surface area contributed by atoms with Gasteiger partial charge in [-0.05, 0) is 25.0 Å². The topological polar surface area (TPSA) is 162 Å². The van der Waals surface area contributed by atoms with Gasteiger partial charge in [-0.15, -0.1) is 0 Å². The van der Waals surface area contributed by atoms with Crippen LogP contribution >= 0.6 is 0 Å². The lowest BCUT2D eigenvalue weighted by atomic mass is 10.2. The number of amides is 3. The molecule has 0 radical (unpaired) electrons. The van der Waals surface area contributed by atoms with Gasteiger partial charge < -0.3 is 10.1 Å². The maximum atomic E-state index is 12.0. The summed E-state index contributed by atoms with van der Waals surface area (Å²) in [5.41, 5.74) is -1.08. The number of hydrogen-bond donors (Lipinski definition) is 2. The molecule has 152 valence electrons. The van der Waals surface area contributed by atoms with E-state index in [1.165, 1.54) is 0 Å². The second-order valence-electron chi connectivity index (χ2n) is 6.29. The highest BCUT2D eigenvalue weighted by Gasteiger charge is 2.25. The number of rotatable bonds is 6. The van der Waals surface area contributed by atoms with Crippen molar-refractivity contribution < 1.29 is 32.5 Å². The quantitative estimate of drug-likeness (QED) is 0.395. The van der Waals surface area contributed by atoms with E-state index in [4.69, 9.17) is 4.74 Å². The van der Waals surface area contributed by atoms with Gasteiger partial charge in [0, 0.05) is 18.4 Å². The first-order valence-corrected chi connectivity index (χ1v) is 10.2. The molecule has 0 saturated heterocycles. The number of nitro groups is 1. The molecule has 11 nitrogen and oxygen atoms in total. The Labute approximate surface area is 160 Å². The zero-order valence-electron chi connectivity index (χ0n) is 15.0. The maximum absolute atomic E-state index is 12.0. The number of hydrogen-bond acceptors (Lipinski definition) is 8. The van der Waals surface area contributed by atoms with Gasteiger partial charge >= 0.3 is 12.0 Å². The minimum atomic E-state index is -3.87. The Morgan fingerprint density at radius 3 is 2.46 bits per heavy atom. The molecule has 1 aliphatic rings. The lowest BCUT2D eigenvalue weighted by Gasteiger charge is -2.12. The Balaban J connectivity index is 1.95. The van der Waals surface area contributed by atoms with E-state index in [1.807, 2.05) is 5.32 Å². The number of nitrogens with zero attached hydrogens (tertiary/aromatic N) is 1. The van der Waals surface area contributed by atoms with Gasteiger partial charge in [-0.1, -0.05) is 12.8 Å². The van der Waals surface area contributed by atoms with Gasteiger partial charge in [0.15, 0.2) is 16.4 Å². The summed E-state index contributed by atoms with van der Waals surface area (Å²) < 4.78 is 27.9. The molecule has 0 unspecified atom stereocenters. The Hall–Kier alpha value is -3.02. The van der Waals surface area contributed by atoms with Crippen LogP contribution in [0.5, 0.6) is 0 Å². The normalized spacial score (nSPS) is 14.3. The maximum Gasteiger partial charge on any atom is 0.338 e. The van der Waals surface area contributed by atoms with Gasteiger partial charge in [-0.25, -0.2) is 18.0 Å². The standard InChI is InChI=1S/C16H19N3O8S/c1-28(25,26)13-7-6-10(8-12(13)19(23)24)15(21)27-9-14(20)18-16(22)17-11-4-2-3-5-11/h6-8,11H,2-5,9H2,1H3,(H2,17,18,20,22). The van der Waals surface area contributed by atoms with E-state index < -0.39 is 49.9 Å². The van der Waals surface area contributed by atoms with Crippen LogP contribution < -0.4 is 10.6 Å². The van der Waals surface area contributed by atoms with Crippen LogP contribution in [-0.2, 0) is 19.4 Å². The molecule has 0 bridgehead atoms. The molecule has 2 N–H and O–H groups in total. The minimum Gasteiger partial charge on any atom is -0.452 e. The zero-order valence-corrected chi connectivity index (χ0v) is 15.8. The number of nitro benzene ring substituents is 1. The van der Waals surface area contributed by atoms with Gasteiger partial charge in [0.05, 0.1) is 10.5 Å². The van der Waals surface area contributed by atoms with E-state index in [1.54, 1.807) is 0 Å². The molecule has 1 aliphatic carbocycles. The van der Waals surface area contributed by atoms with Crippen LogP contribution in [0.15, 0.2) is 23.1 Å². The number of ether oxygens (including phenoxy) is 1. The largest absolute Gasteiger partial charge is 0.452 e. The molecule has 0 aliphatic heterocycles. The summed E-state index contributed by atoms with van der Waals surface area (Å²) in [6, 6.07) is 2.02. The highest BCUT2D eigenvalue weighted by Crippen LogP contribution is 2.25. The van der Waals surface area contributed by atoms with Gasteiger partial charge in [0.1, 0.15) is 4.90 Å². The van der Waals surface area contributed by atoms with E-state index in [2.05, 4.69) is 5.32 Å². The Morgan fingerprint density at radius 1 is 1.25 bits per heavy atom. The highest BCUT2D eigenvalue weighted by molar-refractivity contribution is 7.90. The van der Waals surface area contributed by atoms with Crippen LogP contribution in [0.2, 0.25) is 0 Å². The third-order valence-electron chi connectivity index (χ3n) is 4.07. The fourth-order valence-electron chi connectivity index (χ4n) is 2.77. The number of esters is 1. The third kappa shape index (κ3) is 5.74. The van der Waals surface area contributed by atoms with Crippen molar-refractivity contribution in [1.29, 1.82) is 0 Å². The van der Waals surface area contributed by atoms with Crippen molar-refractivity contribution in [3.63, 3.8) is 0 Å². The number of sulfone groups is 1. The van der Waals surface area contributed by atoms with Crippen molar-refractivity contribution in [2.75, 3.05) is 12.9 Å². The highest BCUT2D eigenvalue weighted by atomic mass is 32.2. The lowest BCUT2D eigenvalue weighted by Crippen LogP contribution is -2.44. The fourth-order valence-corrected chi connectivity index (χ4v) is 3.60. The van der Waals surface area contributed by atoms with Crippen LogP contribution in [0.25, 0.3) is 0 Å². The number of nitrogens with one attached hydrogen (secondary N) is 2. The van der Waals surface area contributed by atoms with Crippen molar-refractivity contribution in [2.45, 2.75) is 36.6 Å². The molecule has 1 saturated carbocycles. The summed E-state index contributed by atoms with van der Waals surface area (Å²) in [5, 5.41) is 15.7. The lowest BCUT2D eigenvalue weighted by molar-refractivity contribution is -0.387. The average molecular weight is 413 g/mol. The summed E-state index contributed by atoms with van der Waals surface area (Å²) in [6.07, 6.45) is 4.47. The monoisotopic (exact) mass is 413 g/mol. The molecule has 0 spiro atoms. The van der Waals surface area contributed by atoms with Crippen molar-refractivity contribution in [1.82, 2.24) is 10.6 Å². The van der Waals surface area contributed by atoms with Gasteiger partial charge in [0.2, 0.25) is 0 Å². The Bertz CT molecular complexity index is 906. The number of imide groups is 1.